The first-order valence-electron chi connectivity index (χ1n) is 4.28. The maximum Gasteiger partial charge on any atom is 0.305 e. The summed E-state index contributed by atoms with van der Waals surface area (Å²) in [5, 5.41) is 8.51. The van der Waals surface area contributed by atoms with E-state index in [-0.39, 0.29) is 12.2 Å². The van der Waals surface area contributed by atoms with Crippen LogP contribution in [0.4, 0.5) is 0 Å². The number of carbonyl (C=O) groups is 2. The molecule has 0 bridgehead atoms. The van der Waals surface area contributed by atoms with E-state index < -0.39 is 12.0 Å². The van der Waals surface area contributed by atoms with Crippen molar-refractivity contribution in [2.75, 3.05) is 0 Å². The zero-order chi connectivity index (χ0) is 11.4. The number of halogens is 1. The van der Waals surface area contributed by atoms with E-state index in [0.717, 1.165) is 0 Å². The lowest BCUT2D eigenvalue weighted by atomic mass is 10.0. The number of benzene rings is 1. The van der Waals surface area contributed by atoms with Crippen molar-refractivity contribution in [3.63, 3.8) is 0 Å². The first-order chi connectivity index (χ1) is 7.02. The third kappa shape index (κ3) is 3.14. The van der Waals surface area contributed by atoms with Crippen LogP contribution in [0.1, 0.15) is 16.8 Å². The Balaban J connectivity index is 2.85. The molecule has 0 fully saturated rings. The van der Waals surface area contributed by atoms with E-state index >= 15 is 0 Å². The van der Waals surface area contributed by atoms with Crippen LogP contribution in [0.15, 0.2) is 28.7 Å². The van der Waals surface area contributed by atoms with Gasteiger partial charge >= 0.3 is 5.97 Å². The van der Waals surface area contributed by atoms with Gasteiger partial charge in [0, 0.05) is 10.0 Å². The lowest BCUT2D eigenvalue weighted by Crippen LogP contribution is -2.33. The number of carbonyl (C=O) groups excluding carboxylic acids is 1. The molecule has 5 heteroatoms. The number of carboxylic acid groups (broad SMARTS) is 1. The second kappa shape index (κ2) is 5.04. The van der Waals surface area contributed by atoms with Gasteiger partial charge in [-0.25, -0.2) is 0 Å². The molecule has 0 aliphatic heterocycles. The van der Waals surface area contributed by atoms with E-state index in [4.69, 9.17) is 10.8 Å². The van der Waals surface area contributed by atoms with E-state index in [1.54, 1.807) is 24.3 Å². The van der Waals surface area contributed by atoms with Crippen LogP contribution >= 0.6 is 15.9 Å². The summed E-state index contributed by atoms with van der Waals surface area (Å²) >= 11 is 3.21. The molecule has 0 aromatic heterocycles. The molecule has 0 radical (unpaired) electrons. The van der Waals surface area contributed by atoms with Gasteiger partial charge in [-0.3, -0.25) is 9.59 Å². The normalized spacial score (nSPS) is 12.1. The highest BCUT2D eigenvalue weighted by atomic mass is 79.9. The number of aliphatic carboxylic acids is 1. The number of carboxylic acids is 1. The van der Waals surface area contributed by atoms with Crippen molar-refractivity contribution >= 4 is 27.7 Å². The smallest absolute Gasteiger partial charge is 0.305 e. The van der Waals surface area contributed by atoms with Crippen molar-refractivity contribution in [2.45, 2.75) is 12.5 Å². The minimum absolute atomic E-state index is 0.361. The molecular formula is C10H10BrNO3. The Morgan fingerprint density at radius 1 is 1.40 bits per heavy atom. The second-order valence-electron chi connectivity index (χ2n) is 3.05. The van der Waals surface area contributed by atoms with Crippen molar-refractivity contribution in [1.82, 2.24) is 0 Å². The van der Waals surface area contributed by atoms with Crippen LogP contribution < -0.4 is 5.73 Å². The van der Waals surface area contributed by atoms with Gasteiger partial charge in [0.25, 0.3) is 0 Å². The molecule has 0 saturated heterocycles. The SMILES string of the molecule is NC(CC(=O)O)C(=O)c1ccccc1Br. The van der Waals surface area contributed by atoms with Crippen LogP contribution in [0.25, 0.3) is 0 Å². The van der Waals surface area contributed by atoms with Crippen LogP contribution in [-0.2, 0) is 4.79 Å². The molecule has 0 aliphatic rings. The lowest BCUT2D eigenvalue weighted by molar-refractivity contribution is -0.137. The van der Waals surface area contributed by atoms with Crippen LogP contribution in [0.3, 0.4) is 0 Å². The molecule has 0 amide bonds. The third-order valence-electron chi connectivity index (χ3n) is 1.87. The molecule has 80 valence electrons. The Morgan fingerprint density at radius 2 is 2.00 bits per heavy atom. The minimum atomic E-state index is -1.08. The van der Waals surface area contributed by atoms with Gasteiger partial charge in [-0.1, -0.05) is 34.1 Å². The van der Waals surface area contributed by atoms with Gasteiger partial charge in [-0.2, -0.15) is 0 Å². The maximum absolute atomic E-state index is 11.7. The summed E-state index contributed by atoms with van der Waals surface area (Å²) in [6.45, 7) is 0. The Labute approximate surface area is 95.2 Å². The first-order valence-corrected chi connectivity index (χ1v) is 5.07. The summed E-state index contributed by atoms with van der Waals surface area (Å²) in [7, 11) is 0. The molecule has 1 atom stereocenters. The predicted molar refractivity (Wildman–Crippen MR) is 58.7 cm³/mol. The maximum atomic E-state index is 11.7. The quantitative estimate of drug-likeness (QED) is 0.812. The van der Waals surface area contributed by atoms with Gasteiger partial charge in [0.15, 0.2) is 5.78 Å². The van der Waals surface area contributed by atoms with E-state index in [1.807, 2.05) is 0 Å². The molecule has 1 aromatic carbocycles. The molecule has 1 unspecified atom stereocenters. The molecule has 0 spiro atoms. The molecule has 1 aromatic rings. The van der Waals surface area contributed by atoms with Crippen LogP contribution in [0.2, 0.25) is 0 Å². The van der Waals surface area contributed by atoms with E-state index in [2.05, 4.69) is 15.9 Å². The fourth-order valence-corrected chi connectivity index (χ4v) is 1.62. The zero-order valence-corrected chi connectivity index (χ0v) is 9.40. The van der Waals surface area contributed by atoms with Gasteiger partial charge in [0.2, 0.25) is 0 Å². The molecule has 3 N–H and O–H groups in total. The molecule has 0 aliphatic carbocycles. The molecule has 15 heavy (non-hydrogen) atoms. The fraction of sp³-hybridized carbons (Fsp3) is 0.200. The van der Waals surface area contributed by atoms with Crippen molar-refractivity contribution in [1.29, 1.82) is 0 Å². The zero-order valence-electron chi connectivity index (χ0n) is 7.81. The Bertz CT molecular complexity index is 392. The summed E-state index contributed by atoms with van der Waals surface area (Å²) in [5.74, 6) is -1.45. The van der Waals surface area contributed by atoms with Gasteiger partial charge in [0.05, 0.1) is 12.5 Å². The minimum Gasteiger partial charge on any atom is -0.481 e. The molecular weight excluding hydrogens is 262 g/mol. The summed E-state index contributed by atoms with van der Waals surface area (Å²) < 4.78 is 0.621. The van der Waals surface area contributed by atoms with Gasteiger partial charge in [-0.15, -0.1) is 0 Å². The number of ketones is 1. The van der Waals surface area contributed by atoms with Crippen molar-refractivity contribution in [3.8, 4) is 0 Å². The second-order valence-corrected chi connectivity index (χ2v) is 3.90. The van der Waals surface area contributed by atoms with E-state index in [9.17, 15) is 9.59 Å². The van der Waals surface area contributed by atoms with Crippen molar-refractivity contribution < 1.29 is 14.7 Å². The average Bonchev–Trinajstić information content (AvgIpc) is 2.16. The lowest BCUT2D eigenvalue weighted by Gasteiger charge is -2.08. The number of hydrogen-bond acceptors (Lipinski definition) is 3. The van der Waals surface area contributed by atoms with Crippen LogP contribution in [0.5, 0.6) is 0 Å². The molecule has 4 nitrogen and oxygen atoms in total. The summed E-state index contributed by atoms with van der Waals surface area (Å²) in [6, 6.07) is 5.78. The number of nitrogens with two attached hydrogens (primary N) is 1. The van der Waals surface area contributed by atoms with Gasteiger partial charge in [0.1, 0.15) is 0 Å². The highest BCUT2D eigenvalue weighted by Gasteiger charge is 2.20. The number of Topliss-reactive ketones (excluding diaryl/α,β-unsaturated/α-hetero) is 1. The van der Waals surface area contributed by atoms with Crippen molar-refractivity contribution in [3.05, 3.63) is 34.3 Å². The van der Waals surface area contributed by atoms with Crippen molar-refractivity contribution in [2.24, 2.45) is 5.73 Å². The van der Waals surface area contributed by atoms with E-state index in [1.165, 1.54) is 0 Å². The monoisotopic (exact) mass is 271 g/mol. The fourth-order valence-electron chi connectivity index (χ4n) is 1.14. The Kier molecular flexibility index (Phi) is 3.99. The largest absolute Gasteiger partial charge is 0.481 e. The molecule has 0 heterocycles. The van der Waals surface area contributed by atoms with Crippen LogP contribution in [0, 0.1) is 0 Å². The first kappa shape index (κ1) is 11.9. The molecule has 0 saturated carbocycles. The molecule has 1 rings (SSSR count). The van der Waals surface area contributed by atoms with Gasteiger partial charge < -0.3 is 10.8 Å². The summed E-state index contributed by atoms with van der Waals surface area (Å²) in [4.78, 5) is 22.1. The number of rotatable bonds is 4. The Morgan fingerprint density at radius 3 is 2.53 bits per heavy atom. The summed E-state index contributed by atoms with van der Waals surface area (Å²) in [5.41, 5.74) is 5.88. The summed E-state index contributed by atoms with van der Waals surface area (Å²) in [6.07, 6.45) is -0.361. The van der Waals surface area contributed by atoms with Gasteiger partial charge in [-0.05, 0) is 6.07 Å². The van der Waals surface area contributed by atoms with Crippen LogP contribution in [-0.4, -0.2) is 22.9 Å². The third-order valence-corrected chi connectivity index (χ3v) is 2.56. The topological polar surface area (TPSA) is 80.4 Å². The van der Waals surface area contributed by atoms with E-state index in [0.29, 0.717) is 10.0 Å². The standard InChI is InChI=1S/C10H10BrNO3/c11-7-4-2-1-3-6(7)10(15)8(12)5-9(13)14/h1-4,8H,5,12H2,(H,13,14). The predicted octanol–water partition coefficient (Wildman–Crippen LogP) is 1.43. The Hall–Kier alpha value is -1.20. The highest BCUT2D eigenvalue weighted by molar-refractivity contribution is 9.10. The number of hydrogen-bond donors (Lipinski definition) is 2. The average molecular weight is 272 g/mol. The highest BCUT2D eigenvalue weighted by Crippen LogP contribution is 2.17.